The van der Waals surface area contributed by atoms with Gasteiger partial charge in [-0.15, -0.1) is 0 Å². The van der Waals surface area contributed by atoms with Crippen LogP contribution in [0.25, 0.3) is 0 Å². The predicted octanol–water partition coefficient (Wildman–Crippen LogP) is 3.57. The van der Waals surface area contributed by atoms with E-state index in [0.717, 1.165) is 25.7 Å². The number of rotatable bonds is 1. The van der Waals surface area contributed by atoms with Gasteiger partial charge in [0, 0.05) is 11.3 Å². The molecule has 1 rings (SSSR count). The Balaban J connectivity index is 2.46. The molecule has 0 heterocycles. The van der Waals surface area contributed by atoms with Crippen LogP contribution in [0, 0.1) is 15.5 Å². The fourth-order valence-electron chi connectivity index (χ4n) is 2.29. The van der Waals surface area contributed by atoms with Gasteiger partial charge in [0.2, 0.25) is 6.04 Å². The van der Waals surface area contributed by atoms with E-state index in [9.17, 15) is 10.1 Å². The first-order valence-electron chi connectivity index (χ1n) is 6.42. The van der Waals surface area contributed by atoms with Crippen LogP contribution in [0.2, 0.25) is 0 Å². The summed E-state index contributed by atoms with van der Waals surface area (Å²) in [5.41, 5.74) is 0.338. The molecule has 92 valence electrons. The lowest BCUT2D eigenvalue weighted by Gasteiger charge is -2.12. The molecule has 0 spiro atoms. The summed E-state index contributed by atoms with van der Waals surface area (Å²) in [6, 6.07) is -0.709. The van der Waals surface area contributed by atoms with Gasteiger partial charge in [0.1, 0.15) is 0 Å². The Hall–Kier alpha value is -0.930. The van der Waals surface area contributed by atoms with Gasteiger partial charge in [-0.05, 0) is 19.3 Å². The summed E-state index contributed by atoms with van der Waals surface area (Å²) in [5.74, 6) is 0. The second-order valence-electron chi connectivity index (χ2n) is 4.69. The Bertz CT molecular complexity index is 241. The monoisotopic (exact) mass is 226 g/mol. The SMILES string of the molecule is N=C1CCCCCCCCCC[C@H]1[N+](=O)[O-]. The van der Waals surface area contributed by atoms with E-state index in [-0.39, 0.29) is 4.92 Å². The van der Waals surface area contributed by atoms with E-state index < -0.39 is 6.04 Å². The highest BCUT2D eigenvalue weighted by atomic mass is 16.6. The van der Waals surface area contributed by atoms with E-state index in [0.29, 0.717) is 18.6 Å². The van der Waals surface area contributed by atoms with Crippen molar-refractivity contribution in [3.05, 3.63) is 10.1 Å². The Morgan fingerprint density at radius 2 is 1.50 bits per heavy atom. The molecule has 1 atom stereocenters. The van der Waals surface area contributed by atoms with Crippen molar-refractivity contribution in [2.24, 2.45) is 0 Å². The molecular weight excluding hydrogens is 204 g/mol. The highest BCUT2D eigenvalue weighted by Gasteiger charge is 2.24. The van der Waals surface area contributed by atoms with Crippen molar-refractivity contribution in [3.63, 3.8) is 0 Å². The normalized spacial score (nSPS) is 25.5. The summed E-state index contributed by atoms with van der Waals surface area (Å²) in [4.78, 5) is 10.6. The van der Waals surface area contributed by atoms with Gasteiger partial charge < -0.3 is 5.41 Å². The Morgan fingerprint density at radius 3 is 2.06 bits per heavy atom. The molecule has 0 aliphatic heterocycles. The summed E-state index contributed by atoms with van der Waals surface area (Å²) >= 11 is 0. The highest BCUT2D eigenvalue weighted by Crippen LogP contribution is 2.16. The van der Waals surface area contributed by atoms with Crippen LogP contribution >= 0.6 is 0 Å². The highest BCUT2D eigenvalue weighted by molar-refractivity contribution is 5.85. The molecule has 0 amide bonds. The fraction of sp³-hybridized carbons (Fsp3) is 0.917. The molecule has 0 bridgehead atoms. The lowest BCUT2D eigenvalue weighted by Crippen LogP contribution is -2.29. The van der Waals surface area contributed by atoms with Crippen LogP contribution in [0.15, 0.2) is 0 Å². The van der Waals surface area contributed by atoms with Crippen LogP contribution in [-0.4, -0.2) is 16.7 Å². The average Bonchev–Trinajstić information content (AvgIpc) is 2.22. The largest absolute Gasteiger partial charge is 0.303 e. The van der Waals surface area contributed by atoms with Crippen molar-refractivity contribution in [1.29, 1.82) is 5.41 Å². The molecule has 1 N–H and O–H groups in total. The molecule has 0 aromatic rings. The number of hydrogen-bond acceptors (Lipinski definition) is 3. The molecule has 4 heteroatoms. The number of nitrogens with zero attached hydrogens (tertiary/aromatic N) is 1. The molecule has 0 aromatic heterocycles. The zero-order chi connectivity index (χ0) is 11.8. The maximum absolute atomic E-state index is 10.8. The van der Waals surface area contributed by atoms with E-state index in [1.54, 1.807) is 0 Å². The molecular formula is C12H22N2O2. The second kappa shape index (κ2) is 7.36. The zero-order valence-electron chi connectivity index (χ0n) is 9.91. The minimum Gasteiger partial charge on any atom is -0.303 e. The molecule has 1 aliphatic rings. The minimum atomic E-state index is -0.709. The minimum absolute atomic E-state index is 0.270. The van der Waals surface area contributed by atoms with Gasteiger partial charge in [-0.1, -0.05) is 38.5 Å². The van der Waals surface area contributed by atoms with E-state index in [4.69, 9.17) is 5.41 Å². The third kappa shape index (κ3) is 4.73. The smallest absolute Gasteiger partial charge is 0.250 e. The zero-order valence-corrected chi connectivity index (χ0v) is 9.91. The molecule has 1 saturated carbocycles. The first kappa shape index (κ1) is 13.1. The lowest BCUT2D eigenvalue weighted by atomic mass is 9.97. The summed E-state index contributed by atoms with van der Waals surface area (Å²) in [6.45, 7) is 0. The first-order valence-corrected chi connectivity index (χ1v) is 6.42. The van der Waals surface area contributed by atoms with Crippen LogP contribution in [-0.2, 0) is 0 Å². The quantitative estimate of drug-likeness (QED) is 0.548. The van der Waals surface area contributed by atoms with Gasteiger partial charge in [-0.3, -0.25) is 10.1 Å². The first-order chi connectivity index (χ1) is 7.72. The van der Waals surface area contributed by atoms with E-state index in [1.807, 2.05) is 0 Å². The molecule has 0 aromatic carbocycles. The van der Waals surface area contributed by atoms with Crippen molar-refractivity contribution in [3.8, 4) is 0 Å². The summed E-state index contributed by atoms with van der Waals surface area (Å²) < 4.78 is 0. The standard InChI is InChI=1S/C12H22N2O2/c13-11-9-7-5-3-1-2-4-6-8-10-12(11)14(15)16/h12-13H,1-10H2/t12-/m1/s1. The van der Waals surface area contributed by atoms with Crippen molar-refractivity contribution in [2.45, 2.75) is 70.3 Å². The van der Waals surface area contributed by atoms with E-state index >= 15 is 0 Å². The third-order valence-corrected chi connectivity index (χ3v) is 3.33. The molecule has 16 heavy (non-hydrogen) atoms. The maximum Gasteiger partial charge on any atom is 0.250 e. The van der Waals surface area contributed by atoms with Gasteiger partial charge in [-0.25, -0.2) is 0 Å². The van der Waals surface area contributed by atoms with E-state index in [1.165, 1.54) is 25.7 Å². The topological polar surface area (TPSA) is 67.0 Å². The number of nitrogens with one attached hydrogen (secondary N) is 1. The Labute approximate surface area is 97.1 Å². The van der Waals surface area contributed by atoms with E-state index in [2.05, 4.69) is 0 Å². The summed E-state index contributed by atoms with van der Waals surface area (Å²) in [6.07, 6.45) is 10.2. The van der Waals surface area contributed by atoms with Crippen LogP contribution < -0.4 is 0 Å². The lowest BCUT2D eigenvalue weighted by molar-refractivity contribution is -0.504. The number of hydrogen-bond donors (Lipinski definition) is 1. The number of nitro groups is 1. The van der Waals surface area contributed by atoms with Crippen LogP contribution in [0.5, 0.6) is 0 Å². The third-order valence-electron chi connectivity index (χ3n) is 3.33. The van der Waals surface area contributed by atoms with Crippen LogP contribution in [0.1, 0.15) is 64.2 Å². The predicted molar refractivity (Wildman–Crippen MR) is 64.7 cm³/mol. The van der Waals surface area contributed by atoms with Crippen molar-refractivity contribution < 1.29 is 4.92 Å². The van der Waals surface area contributed by atoms with Gasteiger partial charge in [-0.2, -0.15) is 0 Å². The fourth-order valence-corrected chi connectivity index (χ4v) is 2.29. The molecule has 1 fully saturated rings. The van der Waals surface area contributed by atoms with Gasteiger partial charge in [0.05, 0.1) is 5.71 Å². The van der Waals surface area contributed by atoms with Gasteiger partial charge in [0.25, 0.3) is 0 Å². The summed E-state index contributed by atoms with van der Waals surface area (Å²) in [7, 11) is 0. The molecule has 4 nitrogen and oxygen atoms in total. The van der Waals surface area contributed by atoms with Crippen molar-refractivity contribution in [1.82, 2.24) is 0 Å². The molecule has 0 radical (unpaired) electrons. The molecule has 1 aliphatic carbocycles. The van der Waals surface area contributed by atoms with Gasteiger partial charge >= 0.3 is 0 Å². The van der Waals surface area contributed by atoms with Crippen LogP contribution in [0.4, 0.5) is 0 Å². The summed E-state index contributed by atoms with van der Waals surface area (Å²) in [5, 5.41) is 18.6. The van der Waals surface area contributed by atoms with Gasteiger partial charge in [0.15, 0.2) is 0 Å². The van der Waals surface area contributed by atoms with Crippen molar-refractivity contribution >= 4 is 5.71 Å². The average molecular weight is 226 g/mol. The molecule has 0 saturated heterocycles. The molecule has 0 unspecified atom stereocenters. The second-order valence-corrected chi connectivity index (χ2v) is 4.69. The Morgan fingerprint density at radius 1 is 1.00 bits per heavy atom. The van der Waals surface area contributed by atoms with Crippen LogP contribution in [0.3, 0.4) is 0 Å². The van der Waals surface area contributed by atoms with Crippen molar-refractivity contribution in [2.75, 3.05) is 0 Å². The maximum atomic E-state index is 10.8. The Kier molecular flexibility index (Phi) is 6.04.